The summed E-state index contributed by atoms with van der Waals surface area (Å²) >= 11 is 0. The molecule has 2 aromatic rings. The van der Waals surface area contributed by atoms with Crippen molar-refractivity contribution in [2.75, 3.05) is 7.11 Å². The molecule has 96 valence electrons. The Morgan fingerprint density at radius 2 is 2.11 bits per heavy atom. The van der Waals surface area contributed by atoms with Crippen molar-refractivity contribution in [3.8, 4) is 11.4 Å². The summed E-state index contributed by atoms with van der Waals surface area (Å²) in [7, 11) is 1.48. The van der Waals surface area contributed by atoms with Gasteiger partial charge in [-0.1, -0.05) is 12.1 Å². The van der Waals surface area contributed by atoms with Crippen LogP contribution in [0.4, 0.5) is 8.78 Å². The number of benzene rings is 1. The molecule has 0 aliphatic carbocycles. The van der Waals surface area contributed by atoms with E-state index in [1.165, 1.54) is 18.0 Å². The quantitative estimate of drug-likeness (QED) is 0.909. The lowest BCUT2D eigenvalue weighted by Crippen LogP contribution is -2.07. The second-order valence-electron chi connectivity index (χ2n) is 3.64. The number of rotatable bonds is 4. The van der Waals surface area contributed by atoms with E-state index in [0.717, 1.165) is 0 Å². The van der Waals surface area contributed by atoms with Crippen LogP contribution in [-0.4, -0.2) is 16.9 Å². The first-order chi connectivity index (χ1) is 8.69. The Morgan fingerprint density at radius 1 is 1.39 bits per heavy atom. The summed E-state index contributed by atoms with van der Waals surface area (Å²) in [5.41, 5.74) is 6.04. The Kier molecular flexibility index (Phi) is 3.57. The fraction of sp³-hybridized carbons (Fsp3) is 0.250. The van der Waals surface area contributed by atoms with Gasteiger partial charge in [0.1, 0.15) is 17.1 Å². The number of hydrogen-bond donors (Lipinski definition) is 1. The molecule has 0 spiro atoms. The summed E-state index contributed by atoms with van der Waals surface area (Å²) in [5, 5.41) is 3.96. The van der Waals surface area contributed by atoms with Crippen LogP contribution in [-0.2, 0) is 6.54 Å². The SMILES string of the molecule is COc1ccccc1-n1ncc(CN)c1C(F)F. The monoisotopic (exact) mass is 253 g/mol. The van der Waals surface area contributed by atoms with Gasteiger partial charge >= 0.3 is 0 Å². The second-order valence-corrected chi connectivity index (χ2v) is 3.64. The molecule has 0 amide bonds. The lowest BCUT2D eigenvalue weighted by Gasteiger charge is -2.11. The van der Waals surface area contributed by atoms with Crippen molar-refractivity contribution in [1.29, 1.82) is 0 Å². The predicted molar refractivity (Wildman–Crippen MR) is 63.0 cm³/mol. The Labute approximate surface area is 103 Å². The number of alkyl halides is 2. The van der Waals surface area contributed by atoms with Gasteiger partial charge in [-0.2, -0.15) is 5.10 Å². The topological polar surface area (TPSA) is 53.1 Å². The van der Waals surface area contributed by atoms with Crippen molar-refractivity contribution in [2.45, 2.75) is 13.0 Å². The first-order valence-corrected chi connectivity index (χ1v) is 5.37. The molecular formula is C12H13F2N3O. The molecule has 4 nitrogen and oxygen atoms in total. The lowest BCUT2D eigenvalue weighted by molar-refractivity contribution is 0.141. The molecule has 0 fully saturated rings. The number of ether oxygens (including phenoxy) is 1. The molecule has 0 radical (unpaired) electrons. The van der Waals surface area contributed by atoms with Crippen LogP contribution in [0, 0.1) is 0 Å². The first-order valence-electron chi connectivity index (χ1n) is 5.37. The Balaban J connectivity index is 2.60. The smallest absolute Gasteiger partial charge is 0.280 e. The number of nitrogens with two attached hydrogens (primary N) is 1. The highest BCUT2D eigenvalue weighted by molar-refractivity contribution is 5.47. The zero-order valence-corrected chi connectivity index (χ0v) is 9.81. The molecule has 18 heavy (non-hydrogen) atoms. The fourth-order valence-corrected chi connectivity index (χ4v) is 1.78. The van der Waals surface area contributed by atoms with Crippen LogP contribution in [0.2, 0.25) is 0 Å². The van der Waals surface area contributed by atoms with Gasteiger partial charge in [0.2, 0.25) is 0 Å². The summed E-state index contributed by atoms with van der Waals surface area (Å²) in [4.78, 5) is 0. The van der Waals surface area contributed by atoms with Crippen LogP contribution < -0.4 is 10.5 Å². The van der Waals surface area contributed by atoms with Crippen LogP contribution in [0.15, 0.2) is 30.5 Å². The molecule has 0 saturated heterocycles. The van der Waals surface area contributed by atoms with Crippen molar-refractivity contribution in [1.82, 2.24) is 9.78 Å². The zero-order valence-electron chi connectivity index (χ0n) is 9.81. The largest absolute Gasteiger partial charge is 0.494 e. The third-order valence-electron chi connectivity index (χ3n) is 2.63. The molecule has 1 aromatic heterocycles. The molecule has 0 aliphatic heterocycles. The van der Waals surface area contributed by atoms with Gasteiger partial charge in [0.25, 0.3) is 6.43 Å². The number of nitrogens with zero attached hydrogens (tertiary/aromatic N) is 2. The van der Waals surface area contributed by atoms with E-state index >= 15 is 0 Å². The van der Waals surface area contributed by atoms with Gasteiger partial charge in [0.05, 0.1) is 13.3 Å². The molecular weight excluding hydrogens is 240 g/mol. The number of hydrogen-bond acceptors (Lipinski definition) is 3. The maximum absolute atomic E-state index is 13.1. The summed E-state index contributed by atoms with van der Waals surface area (Å²) in [6, 6.07) is 6.85. The average Bonchev–Trinajstić information content (AvgIpc) is 2.82. The molecule has 1 heterocycles. The number of para-hydroxylation sites is 2. The van der Waals surface area contributed by atoms with Crippen LogP contribution in [0.3, 0.4) is 0 Å². The van der Waals surface area contributed by atoms with Crippen molar-refractivity contribution >= 4 is 0 Å². The lowest BCUT2D eigenvalue weighted by atomic mass is 10.2. The Morgan fingerprint density at radius 3 is 2.72 bits per heavy atom. The molecule has 0 aliphatic rings. The molecule has 1 aromatic carbocycles. The Bertz CT molecular complexity index is 540. The minimum atomic E-state index is -2.64. The van der Waals surface area contributed by atoms with Crippen LogP contribution in [0.1, 0.15) is 17.7 Å². The van der Waals surface area contributed by atoms with Gasteiger partial charge in [0.15, 0.2) is 0 Å². The molecule has 2 N–H and O–H groups in total. The molecule has 2 rings (SSSR count). The van der Waals surface area contributed by atoms with Crippen molar-refractivity contribution < 1.29 is 13.5 Å². The van der Waals surface area contributed by atoms with Crippen LogP contribution in [0.5, 0.6) is 5.75 Å². The highest BCUT2D eigenvalue weighted by atomic mass is 19.3. The molecule has 0 unspecified atom stereocenters. The normalized spacial score (nSPS) is 10.9. The average molecular weight is 253 g/mol. The molecule has 0 saturated carbocycles. The Hall–Kier alpha value is -1.95. The van der Waals surface area contributed by atoms with Crippen molar-refractivity contribution in [2.24, 2.45) is 5.73 Å². The summed E-state index contributed by atoms with van der Waals surface area (Å²) < 4.78 is 32.5. The van der Waals surface area contributed by atoms with E-state index in [1.807, 2.05) is 0 Å². The third-order valence-corrected chi connectivity index (χ3v) is 2.63. The van der Waals surface area contributed by atoms with Gasteiger partial charge in [0, 0.05) is 12.1 Å². The van der Waals surface area contributed by atoms with E-state index in [0.29, 0.717) is 17.0 Å². The van der Waals surface area contributed by atoms with Crippen molar-refractivity contribution in [3.05, 3.63) is 41.7 Å². The van der Waals surface area contributed by atoms with Gasteiger partial charge in [-0.25, -0.2) is 13.5 Å². The van der Waals surface area contributed by atoms with E-state index in [-0.39, 0.29) is 12.2 Å². The minimum Gasteiger partial charge on any atom is -0.494 e. The fourth-order valence-electron chi connectivity index (χ4n) is 1.78. The number of halogens is 2. The third kappa shape index (κ3) is 2.06. The van der Waals surface area contributed by atoms with E-state index in [2.05, 4.69) is 5.10 Å². The highest BCUT2D eigenvalue weighted by Crippen LogP contribution is 2.29. The van der Waals surface area contributed by atoms with Gasteiger partial charge in [-0.15, -0.1) is 0 Å². The number of methoxy groups -OCH3 is 1. The van der Waals surface area contributed by atoms with Crippen LogP contribution >= 0.6 is 0 Å². The zero-order chi connectivity index (χ0) is 13.1. The summed E-state index contributed by atoms with van der Waals surface area (Å²) in [6.45, 7) is 0.0226. The molecule has 6 heteroatoms. The maximum Gasteiger partial charge on any atom is 0.280 e. The van der Waals surface area contributed by atoms with E-state index in [9.17, 15) is 8.78 Å². The van der Waals surface area contributed by atoms with Gasteiger partial charge in [-0.05, 0) is 12.1 Å². The van der Waals surface area contributed by atoms with Gasteiger partial charge in [-0.3, -0.25) is 0 Å². The summed E-state index contributed by atoms with van der Waals surface area (Å²) in [5.74, 6) is 0.478. The highest BCUT2D eigenvalue weighted by Gasteiger charge is 2.21. The molecule has 0 bridgehead atoms. The first kappa shape index (κ1) is 12.5. The standard InChI is InChI=1S/C12H13F2N3O/c1-18-10-5-3-2-4-9(10)17-11(12(13)14)8(6-15)7-16-17/h2-5,7,12H,6,15H2,1H3. The van der Waals surface area contributed by atoms with E-state index in [4.69, 9.17) is 10.5 Å². The minimum absolute atomic E-state index is 0.0226. The van der Waals surface area contributed by atoms with Crippen molar-refractivity contribution in [3.63, 3.8) is 0 Å². The van der Waals surface area contributed by atoms with Gasteiger partial charge < -0.3 is 10.5 Å². The number of aromatic nitrogens is 2. The molecule has 0 atom stereocenters. The van der Waals surface area contributed by atoms with E-state index in [1.54, 1.807) is 24.3 Å². The predicted octanol–water partition coefficient (Wildman–Crippen LogP) is 2.28. The van der Waals surface area contributed by atoms with Crippen LogP contribution in [0.25, 0.3) is 5.69 Å². The van der Waals surface area contributed by atoms with E-state index < -0.39 is 6.43 Å². The second kappa shape index (κ2) is 5.14. The maximum atomic E-state index is 13.1. The summed E-state index contributed by atoms with van der Waals surface area (Å²) in [6.07, 6.45) is -1.29.